The van der Waals surface area contributed by atoms with Crippen LogP contribution in [0, 0.1) is 0 Å². The smallest absolute Gasteiger partial charge is 0.265 e. The molecular formula is C17H16N2O3. The summed E-state index contributed by atoms with van der Waals surface area (Å²) >= 11 is 0. The molecule has 2 aromatic rings. The maximum absolute atomic E-state index is 12.1. The molecule has 1 atom stereocenters. The predicted molar refractivity (Wildman–Crippen MR) is 83.9 cm³/mol. The lowest BCUT2D eigenvalue weighted by molar-refractivity contribution is -0.122. The van der Waals surface area contributed by atoms with E-state index < -0.39 is 6.10 Å². The third-order valence-corrected chi connectivity index (χ3v) is 3.43. The van der Waals surface area contributed by atoms with E-state index in [-0.39, 0.29) is 18.2 Å². The summed E-state index contributed by atoms with van der Waals surface area (Å²) in [4.78, 5) is 23.9. The standard InChI is InChI=1S/C17H16N2O3/c1-11-17(21)19-16-13(8-5-9-14(16)22-11)18-15(20)10-12-6-3-2-4-7-12/h2-9,11H,10H2,1H3,(H,18,20)(H,19,21). The number of anilines is 2. The molecule has 0 aliphatic carbocycles. The molecular weight excluding hydrogens is 280 g/mol. The molecule has 0 radical (unpaired) electrons. The fraction of sp³-hybridized carbons (Fsp3) is 0.176. The average Bonchev–Trinajstić information content (AvgIpc) is 2.50. The molecule has 1 aliphatic heterocycles. The zero-order chi connectivity index (χ0) is 15.5. The first-order valence-corrected chi connectivity index (χ1v) is 7.08. The third-order valence-electron chi connectivity index (χ3n) is 3.43. The van der Waals surface area contributed by atoms with Gasteiger partial charge in [-0.05, 0) is 24.6 Å². The van der Waals surface area contributed by atoms with Crippen LogP contribution in [0.15, 0.2) is 48.5 Å². The van der Waals surface area contributed by atoms with E-state index in [0.29, 0.717) is 17.1 Å². The summed E-state index contributed by atoms with van der Waals surface area (Å²) in [6.45, 7) is 1.68. The lowest BCUT2D eigenvalue weighted by Crippen LogP contribution is -2.35. The first kappa shape index (κ1) is 14.1. The van der Waals surface area contributed by atoms with Gasteiger partial charge in [0.15, 0.2) is 6.10 Å². The van der Waals surface area contributed by atoms with Crippen molar-refractivity contribution in [2.45, 2.75) is 19.4 Å². The SMILES string of the molecule is CC1Oc2cccc(NC(=O)Cc3ccccc3)c2NC1=O. The summed E-state index contributed by atoms with van der Waals surface area (Å²) in [6.07, 6.45) is -0.266. The molecule has 2 N–H and O–H groups in total. The van der Waals surface area contributed by atoms with E-state index in [1.54, 1.807) is 25.1 Å². The van der Waals surface area contributed by atoms with Gasteiger partial charge in [0.2, 0.25) is 5.91 Å². The number of benzene rings is 2. The Morgan fingerprint density at radius 3 is 2.73 bits per heavy atom. The molecule has 5 nitrogen and oxygen atoms in total. The number of nitrogens with one attached hydrogen (secondary N) is 2. The Kier molecular flexibility index (Phi) is 3.78. The second-order valence-corrected chi connectivity index (χ2v) is 5.14. The van der Waals surface area contributed by atoms with Gasteiger partial charge in [-0.1, -0.05) is 36.4 Å². The number of ether oxygens (including phenoxy) is 1. The van der Waals surface area contributed by atoms with Crippen LogP contribution in [0.5, 0.6) is 5.75 Å². The molecule has 0 aromatic heterocycles. The highest BCUT2D eigenvalue weighted by Gasteiger charge is 2.25. The van der Waals surface area contributed by atoms with Crippen molar-refractivity contribution in [3.05, 3.63) is 54.1 Å². The van der Waals surface area contributed by atoms with Crippen molar-refractivity contribution < 1.29 is 14.3 Å². The highest BCUT2D eigenvalue weighted by Crippen LogP contribution is 2.36. The van der Waals surface area contributed by atoms with Crippen LogP contribution in [0.3, 0.4) is 0 Å². The maximum Gasteiger partial charge on any atom is 0.265 e. The van der Waals surface area contributed by atoms with Crippen LogP contribution in [0.25, 0.3) is 0 Å². The molecule has 2 amide bonds. The Morgan fingerprint density at radius 1 is 1.18 bits per heavy atom. The summed E-state index contributed by atoms with van der Waals surface area (Å²) in [5.41, 5.74) is 1.98. The number of hydrogen-bond donors (Lipinski definition) is 2. The number of hydrogen-bond acceptors (Lipinski definition) is 3. The highest BCUT2D eigenvalue weighted by atomic mass is 16.5. The lowest BCUT2D eigenvalue weighted by atomic mass is 10.1. The minimum absolute atomic E-state index is 0.146. The van der Waals surface area contributed by atoms with Crippen LogP contribution in [0.1, 0.15) is 12.5 Å². The Balaban J connectivity index is 1.77. The predicted octanol–water partition coefficient (Wildman–Crippen LogP) is 2.59. The molecule has 0 saturated heterocycles. The molecule has 0 spiro atoms. The average molecular weight is 296 g/mol. The van der Waals surface area contributed by atoms with Crippen LogP contribution in [-0.4, -0.2) is 17.9 Å². The van der Waals surface area contributed by atoms with Gasteiger partial charge < -0.3 is 15.4 Å². The van der Waals surface area contributed by atoms with E-state index in [2.05, 4.69) is 10.6 Å². The molecule has 22 heavy (non-hydrogen) atoms. The van der Waals surface area contributed by atoms with Gasteiger partial charge in [-0.2, -0.15) is 0 Å². The van der Waals surface area contributed by atoms with Gasteiger partial charge in [0.1, 0.15) is 11.4 Å². The Hall–Kier alpha value is -2.82. The minimum Gasteiger partial charge on any atom is -0.479 e. The first-order chi connectivity index (χ1) is 10.6. The normalized spacial score (nSPS) is 16.2. The van der Waals surface area contributed by atoms with E-state index in [4.69, 9.17) is 4.74 Å². The molecule has 1 heterocycles. The van der Waals surface area contributed by atoms with Gasteiger partial charge in [-0.3, -0.25) is 9.59 Å². The molecule has 5 heteroatoms. The summed E-state index contributed by atoms with van der Waals surface area (Å²) in [6, 6.07) is 14.8. The molecule has 0 saturated carbocycles. The fourth-order valence-corrected chi connectivity index (χ4v) is 2.31. The first-order valence-electron chi connectivity index (χ1n) is 7.08. The second-order valence-electron chi connectivity index (χ2n) is 5.14. The van der Waals surface area contributed by atoms with Crippen LogP contribution in [-0.2, 0) is 16.0 Å². The van der Waals surface area contributed by atoms with Crippen molar-refractivity contribution in [1.29, 1.82) is 0 Å². The van der Waals surface area contributed by atoms with Crippen molar-refractivity contribution in [2.24, 2.45) is 0 Å². The monoisotopic (exact) mass is 296 g/mol. The van der Waals surface area contributed by atoms with Crippen molar-refractivity contribution in [1.82, 2.24) is 0 Å². The minimum atomic E-state index is -0.539. The van der Waals surface area contributed by atoms with Crippen LogP contribution >= 0.6 is 0 Å². The van der Waals surface area contributed by atoms with Crippen LogP contribution < -0.4 is 15.4 Å². The molecule has 112 valence electrons. The van der Waals surface area contributed by atoms with Crippen molar-refractivity contribution in [3.8, 4) is 5.75 Å². The number of fused-ring (bicyclic) bond motifs is 1. The van der Waals surface area contributed by atoms with Gasteiger partial charge >= 0.3 is 0 Å². The molecule has 2 aromatic carbocycles. The van der Waals surface area contributed by atoms with Crippen molar-refractivity contribution in [3.63, 3.8) is 0 Å². The lowest BCUT2D eigenvalue weighted by Gasteiger charge is -2.25. The van der Waals surface area contributed by atoms with Gasteiger partial charge in [-0.15, -0.1) is 0 Å². The maximum atomic E-state index is 12.1. The second kappa shape index (κ2) is 5.89. The van der Waals surface area contributed by atoms with Gasteiger partial charge in [0, 0.05) is 0 Å². The molecule has 1 aliphatic rings. The molecule has 0 fully saturated rings. The number of carbonyl (C=O) groups excluding carboxylic acids is 2. The summed E-state index contributed by atoms with van der Waals surface area (Å²) in [7, 11) is 0. The van der Waals surface area contributed by atoms with E-state index >= 15 is 0 Å². The summed E-state index contributed by atoms with van der Waals surface area (Å²) in [5.74, 6) is 0.189. The van der Waals surface area contributed by atoms with Crippen LogP contribution in [0.4, 0.5) is 11.4 Å². The topological polar surface area (TPSA) is 67.4 Å². The van der Waals surface area contributed by atoms with Crippen LogP contribution in [0.2, 0.25) is 0 Å². The quantitative estimate of drug-likeness (QED) is 0.915. The number of carbonyl (C=O) groups is 2. The van der Waals surface area contributed by atoms with E-state index in [0.717, 1.165) is 5.56 Å². The molecule has 0 bridgehead atoms. The van der Waals surface area contributed by atoms with E-state index in [1.807, 2.05) is 30.3 Å². The molecule has 1 unspecified atom stereocenters. The Bertz CT molecular complexity index is 713. The van der Waals surface area contributed by atoms with Crippen molar-refractivity contribution >= 4 is 23.2 Å². The number of para-hydroxylation sites is 1. The van der Waals surface area contributed by atoms with Gasteiger partial charge in [-0.25, -0.2) is 0 Å². The Labute approximate surface area is 128 Å². The fourth-order valence-electron chi connectivity index (χ4n) is 2.31. The summed E-state index contributed by atoms with van der Waals surface area (Å²) in [5, 5.41) is 5.59. The highest BCUT2D eigenvalue weighted by molar-refractivity contribution is 6.04. The zero-order valence-corrected chi connectivity index (χ0v) is 12.1. The van der Waals surface area contributed by atoms with Gasteiger partial charge in [0.05, 0.1) is 12.1 Å². The molecule has 3 rings (SSSR count). The number of rotatable bonds is 3. The van der Waals surface area contributed by atoms with Crippen molar-refractivity contribution in [2.75, 3.05) is 10.6 Å². The van der Waals surface area contributed by atoms with E-state index in [1.165, 1.54) is 0 Å². The zero-order valence-electron chi connectivity index (χ0n) is 12.1. The summed E-state index contributed by atoms with van der Waals surface area (Å²) < 4.78 is 5.52. The largest absolute Gasteiger partial charge is 0.479 e. The third kappa shape index (κ3) is 2.93. The van der Waals surface area contributed by atoms with Gasteiger partial charge in [0.25, 0.3) is 5.91 Å². The van der Waals surface area contributed by atoms with E-state index in [9.17, 15) is 9.59 Å². The number of amides is 2. The Morgan fingerprint density at radius 2 is 1.95 bits per heavy atom.